The van der Waals surface area contributed by atoms with Crippen LogP contribution < -0.4 is 5.73 Å². The van der Waals surface area contributed by atoms with E-state index >= 15 is 0 Å². The molecule has 2 N–H and O–H groups in total. The van der Waals surface area contributed by atoms with Gasteiger partial charge in [0.25, 0.3) is 0 Å². The average Bonchev–Trinajstić information content (AvgIpc) is 2.65. The first-order valence-electron chi connectivity index (χ1n) is 5.26. The second-order valence-electron chi connectivity index (χ2n) is 4.20. The Hall–Kier alpha value is -0.0900. The van der Waals surface area contributed by atoms with Gasteiger partial charge in [0.1, 0.15) is 0 Å². The zero-order chi connectivity index (χ0) is 10.7. The normalized spacial score (nSPS) is 20.4. The van der Waals surface area contributed by atoms with Gasteiger partial charge in [-0.25, -0.2) is 0 Å². The third kappa shape index (κ3) is 2.72. The molecule has 1 aliphatic heterocycles. The molecule has 84 valence electrons. The summed E-state index contributed by atoms with van der Waals surface area (Å²) in [5.74, 6) is 0. The summed E-state index contributed by atoms with van der Waals surface area (Å²) in [7, 11) is 0. The third-order valence-electron chi connectivity index (χ3n) is 3.16. The standard InChI is InChI=1S/C11H16ClNOS/c12-10-2-1-9(15-10)7-11(8-13)3-5-14-6-4-11/h1-2H,3-8,13H2. The molecular weight excluding hydrogens is 230 g/mol. The van der Waals surface area contributed by atoms with Crippen molar-refractivity contribution in [3.8, 4) is 0 Å². The molecule has 0 atom stereocenters. The van der Waals surface area contributed by atoms with Crippen LogP contribution in [0.1, 0.15) is 17.7 Å². The molecule has 0 aromatic carbocycles. The lowest BCUT2D eigenvalue weighted by atomic mass is 9.77. The summed E-state index contributed by atoms with van der Waals surface area (Å²) in [5, 5.41) is 0. The fourth-order valence-corrected chi connectivity index (χ4v) is 3.34. The van der Waals surface area contributed by atoms with E-state index in [4.69, 9.17) is 22.1 Å². The molecular formula is C11H16ClNOS. The van der Waals surface area contributed by atoms with Gasteiger partial charge in [-0.3, -0.25) is 0 Å². The van der Waals surface area contributed by atoms with Gasteiger partial charge in [0.15, 0.2) is 0 Å². The van der Waals surface area contributed by atoms with Crippen LogP contribution in [0.15, 0.2) is 12.1 Å². The fraction of sp³-hybridized carbons (Fsp3) is 0.636. The van der Waals surface area contributed by atoms with Crippen LogP contribution in [0.4, 0.5) is 0 Å². The molecule has 2 nitrogen and oxygen atoms in total. The van der Waals surface area contributed by atoms with E-state index in [0.29, 0.717) is 0 Å². The molecule has 0 spiro atoms. The Kier molecular flexibility index (Phi) is 3.67. The van der Waals surface area contributed by atoms with Gasteiger partial charge in [0.2, 0.25) is 0 Å². The Morgan fingerprint density at radius 2 is 2.13 bits per heavy atom. The molecule has 4 heteroatoms. The number of hydrogen-bond acceptors (Lipinski definition) is 3. The highest BCUT2D eigenvalue weighted by Gasteiger charge is 2.31. The molecule has 0 saturated carbocycles. The van der Waals surface area contributed by atoms with Crippen molar-refractivity contribution in [1.29, 1.82) is 0 Å². The maximum Gasteiger partial charge on any atom is 0.0931 e. The number of rotatable bonds is 3. The summed E-state index contributed by atoms with van der Waals surface area (Å²) >= 11 is 7.59. The molecule has 1 aliphatic rings. The minimum Gasteiger partial charge on any atom is -0.381 e. The van der Waals surface area contributed by atoms with Crippen molar-refractivity contribution in [2.45, 2.75) is 19.3 Å². The van der Waals surface area contributed by atoms with Crippen molar-refractivity contribution in [2.24, 2.45) is 11.1 Å². The Balaban J connectivity index is 2.06. The van der Waals surface area contributed by atoms with Crippen molar-refractivity contribution >= 4 is 22.9 Å². The van der Waals surface area contributed by atoms with Gasteiger partial charge in [-0.05, 0) is 43.4 Å². The summed E-state index contributed by atoms with van der Waals surface area (Å²) in [6, 6.07) is 4.07. The summed E-state index contributed by atoms with van der Waals surface area (Å²) in [6.45, 7) is 2.43. The number of ether oxygens (including phenoxy) is 1. The second-order valence-corrected chi connectivity index (χ2v) is 6.00. The molecule has 1 fully saturated rings. The van der Waals surface area contributed by atoms with Gasteiger partial charge in [-0.1, -0.05) is 11.6 Å². The summed E-state index contributed by atoms with van der Waals surface area (Å²) in [6.07, 6.45) is 3.18. The molecule has 0 amide bonds. The van der Waals surface area contributed by atoms with E-state index in [1.165, 1.54) is 4.88 Å². The van der Waals surface area contributed by atoms with E-state index in [0.717, 1.165) is 43.4 Å². The predicted molar refractivity (Wildman–Crippen MR) is 64.6 cm³/mol. The Labute approximate surface area is 99.4 Å². The van der Waals surface area contributed by atoms with Crippen molar-refractivity contribution in [3.05, 3.63) is 21.3 Å². The first-order chi connectivity index (χ1) is 7.24. The highest BCUT2D eigenvalue weighted by Crippen LogP contribution is 2.35. The van der Waals surface area contributed by atoms with Crippen LogP contribution in [0.25, 0.3) is 0 Å². The van der Waals surface area contributed by atoms with Crippen LogP contribution in [-0.2, 0) is 11.2 Å². The van der Waals surface area contributed by atoms with Gasteiger partial charge >= 0.3 is 0 Å². The second kappa shape index (κ2) is 4.83. The van der Waals surface area contributed by atoms with Crippen LogP contribution in [0.3, 0.4) is 0 Å². The predicted octanol–water partition coefficient (Wildman–Crippen LogP) is 2.70. The quantitative estimate of drug-likeness (QED) is 0.889. The molecule has 0 radical (unpaired) electrons. The largest absolute Gasteiger partial charge is 0.381 e. The van der Waals surface area contributed by atoms with Crippen LogP contribution in [0.2, 0.25) is 4.34 Å². The topological polar surface area (TPSA) is 35.2 Å². The molecule has 2 rings (SSSR count). The molecule has 0 unspecified atom stereocenters. The van der Waals surface area contributed by atoms with E-state index in [1.54, 1.807) is 11.3 Å². The maximum absolute atomic E-state index is 5.93. The minimum atomic E-state index is 0.242. The molecule has 1 saturated heterocycles. The van der Waals surface area contributed by atoms with E-state index in [1.807, 2.05) is 6.07 Å². The Bertz CT molecular complexity index is 320. The maximum atomic E-state index is 5.93. The summed E-state index contributed by atoms with van der Waals surface area (Å²) < 4.78 is 6.26. The fourth-order valence-electron chi connectivity index (χ4n) is 2.07. The lowest BCUT2D eigenvalue weighted by molar-refractivity contribution is 0.0195. The SMILES string of the molecule is NCC1(Cc2ccc(Cl)s2)CCOCC1. The van der Waals surface area contributed by atoms with Gasteiger partial charge in [-0.2, -0.15) is 0 Å². The number of halogens is 1. The molecule has 1 aromatic rings. The summed E-state index contributed by atoms with van der Waals surface area (Å²) in [5.41, 5.74) is 6.15. The lowest BCUT2D eigenvalue weighted by Crippen LogP contribution is -2.38. The highest BCUT2D eigenvalue weighted by molar-refractivity contribution is 7.16. The van der Waals surface area contributed by atoms with Crippen LogP contribution in [0, 0.1) is 5.41 Å². The van der Waals surface area contributed by atoms with Crippen LogP contribution in [0.5, 0.6) is 0 Å². The lowest BCUT2D eigenvalue weighted by Gasteiger charge is -2.35. The number of nitrogens with two attached hydrogens (primary N) is 1. The Morgan fingerprint density at radius 3 is 2.67 bits per heavy atom. The van der Waals surface area contributed by atoms with Crippen LogP contribution in [-0.4, -0.2) is 19.8 Å². The zero-order valence-electron chi connectivity index (χ0n) is 8.67. The number of thiophene rings is 1. The average molecular weight is 246 g/mol. The summed E-state index contributed by atoms with van der Waals surface area (Å²) in [4.78, 5) is 1.34. The van der Waals surface area contributed by atoms with Crippen molar-refractivity contribution in [2.75, 3.05) is 19.8 Å². The Morgan fingerprint density at radius 1 is 1.40 bits per heavy atom. The van der Waals surface area contributed by atoms with Crippen molar-refractivity contribution in [1.82, 2.24) is 0 Å². The zero-order valence-corrected chi connectivity index (χ0v) is 10.2. The third-order valence-corrected chi connectivity index (χ3v) is 4.40. The number of hydrogen-bond donors (Lipinski definition) is 1. The van der Waals surface area contributed by atoms with E-state index in [2.05, 4.69) is 6.07 Å². The smallest absolute Gasteiger partial charge is 0.0931 e. The van der Waals surface area contributed by atoms with Crippen LogP contribution >= 0.6 is 22.9 Å². The van der Waals surface area contributed by atoms with Crippen molar-refractivity contribution in [3.63, 3.8) is 0 Å². The van der Waals surface area contributed by atoms with Gasteiger partial charge in [0, 0.05) is 18.1 Å². The van der Waals surface area contributed by atoms with Gasteiger partial charge in [0.05, 0.1) is 4.34 Å². The van der Waals surface area contributed by atoms with E-state index < -0.39 is 0 Å². The minimum absolute atomic E-state index is 0.242. The van der Waals surface area contributed by atoms with E-state index in [9.17, 15) is 0 Å². The highest BCUT2D eigenvalue weighted by atomic mass is 35.5. The first-order valence-corrected chi connectivity index (χ1v) is 6.46. The molecule has 0 aliphatic carbocycles. The van der Waals surface area contributed by atoms with E-state index in [-0.39, 0.29) is 5.41 Å². The molecule has 15 heavy (non-hydrogen) atoms. The van der Waals surface area contributed by atoms with Gasteiger partial charge < -0.3 is 10.5 Å². The first kappa shape index (κ1) is 11.4. The monoisotopic (exact) mass is 245 g/mol. The van der Waals surface area contributed by atoms with Crippen molar-refractivity contribution < 1.29 is 4.74 Å². The molecule has 1 aromatic heterocycles. The molecule has 0 bridgehead atoms. The molecule has 2 heterocycles. The van der Waals surface area contributed by atoms with Gasteiger partial charge in [-0.15, -0.1) is 11.3 Å².